The Kier molecular flexibility index (Phi) is 7.70. The molecular formula is C21H20Cl3F3N2O3. The number of nitrogens with one attached hydrogen (secondary N) is 1. The molecule has 11 heteroatoms. The van der Waals surface area contributed by atoms with Crippen LogP contribution in [0.4, 0.5) is 24.5 Å². The molecule has 1 aliphatic heterocycles. The van der Waals surface area contributed by atoms with Crippen molar-refractivity contribution in [1.82, 2.24) is 0 Å². The summed E-state index contributed by atoms with van der Waals surface area (Å²) in [6, 6.07) is 3.22. The second-order valence-electron chi connectivity index (χ2n) is 7.19. The highest BCUT2D eigenvalue weighted by Crippen LogP contribution is 2.42. The largest absolute Gasteiger partial charge is 0.481 e. The van der Waals surface area contributed by atoms with Gasteiger partial charge in [-0.25, -0.2) is 0 Å². The van der Waals surface area contributed by atoms with Gasteiger partial charge in [-0.3, -0.25) is 4.79 Å². The Labute approximate surface area is 198 Å². The molecule has 1 heterocycles. The molecule has 174 valence electrons. The lowest BCUT2D eigenvalue weighted by molar-refractivity contribution is -0.137. The Morgan fingerprint density at radius 2 is 1.69 bits per heavy atom. The number of hydrogen-bond donors (Lipinski definition) is 1. The maximum Gasteiger partial charge on any atom is 0.416 e. The van der Waals surface area contributed by atoms with Crippen LogP contribution in [-0.2, 0) is 15.7 Å². The Balaban J connectivity index is 1.82. The number of hydrogen-bond acceptors (Lipinski definition) is 4. The lowest BCUT2D eigenvalue weighted by atomic mass is 10.1. The first kappa shape index (κ1) is 24.8. The molecule has 0 aliphatic carbocycles. The molecule has 0 aromatic heterocycles. The second kappa shape index (κ2) is 9.95. The Hall–Kier alpha value is -1.87. The molecule has 2 aromatic carbocycles. The third-order valence-corrected chi connectivity index (χ3v) is 6.49. The topological polar surface area (TPSA) is 50.8 Å². The van der Waals surface area contributed by atoms with Crippen LogP contribution in [-0.4, -0.2) is 38.8 Å². The summed E-state index contributed by atoms with van der Waals surface area (Å²) < 4.78 is 50.5. The summed E-state index contributed by atoms with van der Waals surface area (Å²) in [7, 11) is 0. The van der Waals surface area contributed by atoms with Crippen molar-refractivity contribution in [2.45, 2.75) is 20.0 Å². The molecule has 1 aliphatic rings. The molecule has 32 heavy (non-hydrogen) atoms. The van der Waals surface area contributed by atoms with Crippen LogP contribution in [0.5, 0.6) is 5.75 Å². The number of carbonyl (C=O) groups is 1. The summed E-state index contributed by atoms with van der Waals surface area (Å²) in [5, 5.41) is 3.21. The number of rotatable bonds is 5. The van der Waals surface area contributed by atoms with Crippen molar-refractivity contribution < 1.29 is 27.4 Å². The summed E-state index contributed by atoms with van der Waals surface area (Å²) in [6.45, 7) is 4.68. The predicted octanol–water partition coefficient (Wildman–Crippen LogP) is 6.14. The fourth-order valence-corrected chi connectivity index (χ4v) is 4.08. The van der Waals surface area contributed by atoms with E-state index in [1.54, 1.807) is 13.8 Å². The Bertz CT molecular complexity index is 997. The van der Waals surface area contributed by atoms with E-state index in [1.165, 1.54) is 6.07 Å². The predicted molar refractivity (Wildman–Crippen MR) is 120 cm³/mol. The van der Waals surface area contributed by atoms with Gasteiger partial charge in [0.15, 0.2) is 12.4 Å². The second-order valence-corrected chi connectivity index (χ2v) is 8.32. The highest BCUT2D eigenvalue weighted by atomic mass is 35.5. The van der Waals surface area contributed by atoms with Crippen molar-refractivity contribution in [3.8, 4) is 5.75 Å². The van der Waals surface area contributed by atoms with E-state index >= 15 is 0 Å². The number of anilines is 2. The fraction of sp³-hybridized carbons (Fsp3) is 0.381. The zero-order valence-electron chi connectivity index (χ0n) is 17.2. The number of ether oxygens (including phenoxy) is 2. The lowest BCUT2D eigenvalue weighted by Gasteiger charge is -2.31. The van der Waals surface area contributed by atoms with Crippen LogP contribution in [0.2, 0.25) is 15.1 Å². The normalized spacial score (nSPS) is 14.4. The monoisotopic (exact) mass is 510 g/mol. The first-order chi connectivity index (χ1) is 15.0. The van der Waals surface area contributed by atoms with Crippen molar-refractivity contribution in [1.29, 1.82) is 0 Å². The van der Waals surface area contributed by atoms with E-state index in [1.807, 2.05) is 4.90 Å². The minimum Gasteiger partial charge on any atom is -0.481 e. The van der Waals surface area contributed by atoms with E-state index in [0.29, 0.717) is 48.1 Å². The molecule has 0 radical (unpaired) electrons. The van der Waals surface area contributed by atoms with Crippen molar-refractivity contribution in [3.05, 3.63) is 50.0 Å². The van der Waals surface area contributed by atoms with Gasteiger partial charge < -0.3 is 19.7 Å². The minimum absolute atomic E-state index is 0.0241. The van der Waals surface area contributed by atoms with Crippen molar-refractivity contribution in [2.75, 3.05) is 43.1 Å². The van der Waals surface area contributed by atoms with Crippen LogP contribution in [0.25, 0.3) is 0 Å². The number of carbonyl (C=O) groups excluding carboxylic acids is 1. The van der Waals surface area contributed by atoms with E-state index in [-0.39, 0.29) is 21.5 Å². The first-order valence-electron chi connectivity index (χ1n) is 9.61. The van der Waals surface area contributed by atoms with E-state index in [0.717, 1.165) is 12.1 Å². The highest BCUT2D eigenvalue weighted by molar-refractivity contribution is 6.42. The molecule has 0 unspecified atom stereocenters. The number of amides is 1. The first-order valence-corrected chi connectivity index (χ1v) is 10.7. The van der Waals surface area contributed by atoms with Crippen molar-refractivity contribution in [3.63, 3.8) is 0 Å². The minimum atomic E-state index is -4.56. The molecule has 0 saturated carbocycles. The number of morpholine rings is 1. The van der Waals surface area contributed by atoms with Crippen LogP contribution < -0.4 is 15.0 Å². The van der Waals surface area contributed by atoms with E-state index in [4.69, 9.17) is 44.3 Å². The molecule has 1 fully saturated rings. The van der Waals surface area contributed by atoms with Gasteiger partial charge in [-0.2, -0.15) is 13.2 Å². The summed E-state index contributed by atoms with van der Waals surface area (Å²) in [4.78, 5) is 14.4. The maximum atomic E-state index is 13.2. The molecule has 3 rings (SSSR count). The standard InChI is InChI=1S/C21H20Cl3F3N2O3/c1-11-17(22)12(2)19(24)20(18(11)23)32-10-16(30)28-14-9-13(21(25,26)27)3-4-15(14)29-5-7-31-8-6-29/h3-4,9H,5-8,10H2,1-2H3,(H,28,30). The molecule has 0 bridgehead atoms. The molecule has 5 nitrogen and oxygen atoms in total. The summed E-state index contributed by atoms with van der Waals surface area (Å²) >= 11 is 18.7. The molecule has 1 amide bonds. The molecular weight excluding hydrogens is 492 g/mol. The summed E-state index contributed by atoms with van der Waals surface area (Å²) in [6.07, 6.45) is -4.56. The van der Waals surface area contributed by atoms with Crippen LogP contribution in [0.15, 0.2) is 18.2 Å². The van der Waals surface area contributed by atoms with Crippen LogP contribution in [0.3, 0.4) is 0 Å². The molecule has 0 atom stereocenters. The molecule has 2 aromatic rings. The van der Waals surface area contributed by atoms with Gasteiger partial charge in [0, 0.05) is 18.1 Å². The number of halogens is 6. The van der Waals surface area contributed by atoms with E-state index < -0.39 is 24.3 Å². The van der Waals surface area contributed by atoms with Crippen molar-refractivity contribution >= 4 is 52.1 Å². The van der Waals surface area contributed by atoms with Gasteiger partial charge in [0.1, 0.15) is 0 Å². The quantitative estimate of drug-likeness (QED) is 0.524. The van der Waals surface area contributed by atoms with Gasteiger partial charge in [0.25, 0.3) is 5.91 Å². The fourth-order valence-electron chi connectivity index (χ4n) is 3.25. The SMILES string of the molecule is Cc1c(Cl)c(C)c(Cl)c(OCC(=O)Nc2cc(C(F)(F)F)ccc2N2CCOCC2)c1Cl. The number of benzene rings is 2. The lowest BCUT2D eigenvalue weighted by Crippen LogP contribution is -2.37. The summed E-state index contributed by atoms with van der Waals surface area (Å²) in [5.41, 5.74) is 0.692. The van der Waals surface area contributed by atoms with Crippen LogP contribution >= 0.6 is 34.8 Å². The number of alkyl halides is 3. The molecule has 1 saturated heterocycles. The maximum absolute atomic E-state index is 13.2. The van der Waals surface area contributed by atoms with Crippen LogP contribution in [0.1, 0.15) is 16.7 Å². The highest BCUT2D eigenvalue weighted by Gasteiger charge is 2.32. The van der Waals surface area contributed by atoms with Gasteiger partial charge in [-0.1, -0.05) is 34.8 Å². The molecule has 0 spiro atoms. The Morgan fingerprint density at radius 3 is 2.25 bits per heavy atom. The van der Waals surface area contributed by atoms with Gasteiger partial charge in [-0.05, 0) is 43.2 Å². The van der Waals surface area contributed by atoms with E-state index in [2.05, 4.69) is 5.32 Å². The van der Waals surface area contributed by atoms with Crippen molar-refractivity contribution in [2.24, 2.45) is 0 Å². The third kappa shape index (κ3) is 5.36. The van der Waals surface area contributed by atoms with Gasteiger partial charge in [-0.15, -0.1) is 0 Å². The average molecular weight is 512 g/mol. The zero-order valence-corrected chi connectivity index (χ0v) is 19.5. The average Bonchev–Trinajstić information content (AvgIpc) is 2.76. The van der Waals surface area contributed by atoms with Gasteiger partial charge in [0.05, 0.1) is 40.2 Å². The third-order valence-electron chi connectivity index (χ3n) is 5.01. The zero-order chi connectivity index (χ0) is 23.6. The van der Waals surface area contributed by atoms with E-state index in [9.17, 15) is 18.0 Å². The Morgan fingerprint density at radius 1 is 1.09 bits per heavy atom. The smallest absolute Gasteiger partial charge is 0.416 e. The summed E-state index contributed by atoms with van der Waals surface area (Å²) in [5.74, 6) is -0.587. The van der Waals surface area contributed by atoms with Gasteiger partial charge in [0.2, 0.25) is 0 Å². The van der Waals surface area contributed by atoms with Crippen LogP contribution in [0, 0.1) is 13.8 Å². The van der Waals surface area contributed by atoms with Gasteiger partial charge >= 0.3 is 6.18 Å². The number of nitrogens with zero attached hydrogens (tertiary/aromatic N) is 1. The molecule has 1 N–H and O–H groups in total.